The third-order valence-electron chi connectivity index (χ3n) is 4.76. The van der Waals surface area contributed by atoms with Crippen LogP contribution in [0.5, 0.6) is 0 Å². The number of rotatable bonds is 4. The maximum Gasteiger partial charge on any atom is 0.410 e. The first-order valence-electron chi connectivity index (χ1n) is 8.79. The van der Waals surface area contributed by atoms with Crippen molar-refractivity contribution < 1.29 is 22.4 Å². The van der Waals surface area contributed by atoms with Gasteiger partial charge < -0.3 is 10.6 Å². The van der Waals surface area contributed by atoms with E-state index in [4.69, 9.17) is 0 Å². The number of fused-ring (bicyclic) bond motifs is 1. The van der Waals surface area contributed by atoms with Crippen LogP contribution in [0.1, 0.15) is 39.3 Å². The number of halogens is 4. The molecule has 0 radical (unpaired) electrons. The maximum absolute atomic E-state index is 13.7. The van der Waals surface area contributed by atoms with Crippen LogP contribution in [0, 0.1) is 5.82 Å². The van der Waals surface area contributed by atoms with Crippen molar-refractivity contribution in [1.29, 1.82) is 0 Å². The zero-order valence-electron chi connectivity index (χ0n) is 14.9. The molecular formula is C19H16F4N4OS. The summed E-state index contributed by atoms with van der Waals surface area (Å²) in [6.07, 6.45) is -3.73. The summed E-state index contributed by atoms with van der Waals surface area (Å²) in [6.45, 7) is 0.269. The smallest absolute Gasteiger partial charge is 0.363 e. The summed E-state index contributed by atoms with van der Waals surface area (Å²) in [5.74, 6) is -1.000. The van der Waals surface area contributed by atoms with Crippen LogP contribution in [0.3, 0.4) is 0 Å². The number of nitrogens with one attached hydrogen (secondary N) is 2. The molecule has 1 aliphatic rings. The molecule has 0 bridgehead atoms. The van der Waals surface area contributed by atoms with Crippen LogP contribution in [0.2, 0.25) is 0 Å². The van der Waals surface area contributed by atoms with E-state index in [1.807, 2.05) is 17.5 Å². The number of nitrogens with zero attached hydrogens (tertiary/aromatic N) is 2. The van der Waals surface area contributed by atoms with E-state index < -0.39 is 30.0 Å². The number of amides is 1. The predicted octanol–water partition coefficient (Wildman–Crippen LogP) is 4.67. The van der Waals surface area contributed by atoms with Crippen molar-refractivity contribution in [3.63, 3.8) is 0 Å². The Labute approximate surface area is 167 Å². The molecule has 29 heavy (non-hydrogen) atoms. The number of hydrogen-bond acceptors (Lipinski definition) is 4. The Balaban J connectivity index is 1.64. The average molecular weight is 424 g/mol. The van der Waals surface area contributed by atoms with Gasteiger partial charge in [-0.15, -0.1) is 11.3 Å². The van der Waals surface area contributed by atoms with Crippen LogP contribution in [-0.4, -0.2) is 21.9 Å². The molecule has 1 aliphatic heterocycles. The quantitative estimate of drug-likeness (QED) is 0.599. The minimum atomic E-state index is -4.55. The lowest BCUT2D eigenvalue weighted by Gasteiger charge is -2.34. The van der Waals surface area contributed by atoms with E-state index in [0.29, 0.717) is 5.56 Å². The molecule has 0 saturated heterocycles. The Bertz CT molecular complexity index is 998. The molecule has 2 atom stereocenters. The number of benzene rings is 1. The Morgan fingerprint density at radius 2 is 2.03 bits per heavy atom. The molecule has 1 amide bonds. The van der Waals surface area contributed by atoms with Gasteiger partial charge in [0.1, 0.15) is 17.2 Å². The van der Waals surface area contributed by atoms with Crippen LogP contribution in [0.4, 0.5) is 23.4 Å². The normalized spacial score (nSPS) is 18.8. The summed E-state index contributed by atoms with van der Waals surface area (Å²) < 4.78 is 55.0. The van der Waals surface area contributed by atoms with Gasteiger partial charge in [0.2, 0.25) is 0 Å². The van der Waals surface area contributed by atoms with Crippen molar-refractivity contribution in [3.8, 4) is 0 Å². The number of hydrogen-bond donors (Lipinski definition) is 2. The number of carbonyl (C=O) groups is 1. The van der Waals surface area contributed by atoms with Gasteiger partial charge in [0.15, 0.2) is 6.04 Å². The molecule has 0 unspecified atom stereocenters. The second kappa shape index (κ2) is 7.51. The van der Waals surface area contributed by atoms with Crippen molar-refractivity contribution in [1.82, 2.24) is 15.1 Å². The summed E-state index contributed by atoms with van der Waals surface area (Å²) >= 11 is 1.46. The Hall–Kier alpha value is -2.88. The molecule has 0 fully saturated rings. The highest BCUT2D eigenvalue weighted by atomic mass is 32.1. The summed E-state index contributed by atoms with van der Waals surface area (Å²) in [6, 6.07) is 6.31. The molecular weight excluding hydrogens is 408 g/mol. The molecule has 152 valence electrons. The molecule has 0 spiro atoms. The van der Waals surface area contributed by atoms with Gasteiger partial charge in [0.05, 0.1) is 18.8 Å². The van der Waals surface area contributed by atoms with E-state index in [2.05, 4.69) is 15.7 Å². The summed E-state index contributed by atoms with van der Waals surface area (Å²) in [5, 5.41) is 11.4. The predicted molar refractivity (Wildman–Crippen MR) is 100 cm³/mol. The van der Waals surface area contributed by atoms with Gasteiger partial charge in [-0.05, 0) is 29.1 Å². The SMILES string of the molecule is O=C(NCc1cccs1)c1cnn2c1N[C@@H](c1ccc(F)cc1)C[C@@H]2C(F)(F)F. The first-order chi connectivity index (χ1) is 13.8. The average Bonchev–Trinajstić information content (AvgIpc) is 3.35. The van der Waals surface area contributed by atoms with Crippen molar-refractivity contribution >= 4 is 23.1 Å². The van der Waals surface area contributed by atoms with Gasteiger partial charge in [0, 0.05) is 11.3 Å². The van der Waals surface area contributed by atoms with Crippen LogP contribution in [-0.2, 0) is 6.54 Å². The van der Waals surface area contributed by atoms with Crippen LogP contribution in [0.25, 0.3) is 0 Å². The zero-order chi connectivity index (χ0) is 20.6. The molecule has 0 saturated carbocycles. The second-order valence-corrected chi connectivity index (χ2v) is 7.69. The zero-order valence-corrected chi connectivity index (χ0v) is 15.7. The number of aromatic nitrogens is 2. The van der Waals surface area contributed by atoms with E-state index in [1.165, 1.54) is 35.6 Å². The van der Waals surface area contributed by atoms with Gasteiger partial charge in [-0.2, -0.15) is 18.3 Å². The standard InChI is InChI=1S/C19H16F4N4OS/c20-12-5-3-11(4-6-12)15-8-16(19(21,22)23)27-17(26-15)14(10-25-27)18(28)24-9-13-2-1-7-29-13/h1-7,10,15-16,26H,8-9H2,(H,24,28)/t15-,16-/m1/s1. The Morgan fingerprint density at radius 1 is 1.28 bits per heavy atom. The van der Waals surface area contributed by atoms with Crippen LogP contribution in [0.15, 0.2) is 48.0 Å². The molecule has 3 heterocycles. The molecule has 2 aromatic heterocycles. The van der Waals surface area contributed by atoms with Crippen molar-refractivity contribution in [2.45, 2.75) is 31.2 Å². The summed E-state index contributed by atoms with van der Waals surface area (Å²) in [7, 11) is 0. The fraction of sp³-hybridized carbons (Fsp3) is 0.263. The molecule has 4 rings (SSSR count). The lowest BCUT2D eigenvalue weighted by Crippen LogP contribution is -2.36. The van der Waals surface area contributed by atoms with Crippen LogP contribution >= 0.6 is 11.3 Å². The van der Waals surface area contributed by atoms with E-state index in [-0.39, 0.29) is 24.3 Å². The third kappa shape index (κ3) is 3.98. The molecule has 3 aromatic rings. The minimum Gasteiger partial charge on any atom is -0.363 e. The Morgan fingerprint density at radius 3 is 2.69 bits per heavy atom. The largest absolute Gasteiger partial charge is 0.410 e. The molecule has 5 nitrogen and oxygen atoms in total. The number of anilines is 1. The summed E-state index contributed by atoms with van der Waals surface area (Å²) in [4.78, 5) is 13.5. The number of carbonyl (C=O) groups excluding carboxylic acids is 1. The molecule has 2 N–H and O–H groups in total. The minimum absolute atomic E-state index is 0.00317. The topological polar surface area (TPSA) is 59.0 Å². The molecule has 1 aromatic carbocycles. The second-order valence-electron chi connectivity index (χ2n) is 6.66. The van der Waals surface area contributed by atoms with E-state index in [0.717, 1.165) is 15.8 Å². The number of alkyl halides is 3. The van der Waals surface area contributed by atoms with Gasteiger partial charge in [-0.25, -0.2) is 9.07 Å². The van der Waals surface area contributed by atoms with Crippen molar-refractivity contribution in [3.05, 3.63) is 69.8 Å². The number of thiophene rings is 1. The third-order valence-corrected chi connectivity index (χ3v) is 5.64. The Kier molecular flexibility index (Phi) is 5.03. The highest BCUT2D eigenvalue weighted by Crippen LogP contribution is 2.44. The highest BCUT2D eigenvalue weighted by Gasteiger charge is 2.47. The highest BCUT2D eigenvalue weighted by molar-refractivity contribution is 7.09. The van der Waals surface area contributed by atoms with Gasteiger partial charge in [-0.3, -0.25) is 4.79 Å². The van der Waals surface area contributed by atoms with Crippen LogP contribution < -0.4 is 10.6 Å². The molecule has 0 aliphatic carbocycles. The van der Waals surface area contributed by atoms with Gasteiger partial charge in [0.25, 0.3) is 5.91 Å². The fourth-order valence-corrected chi connectivity index (χ4v) is 3.96. The fourth-order valence-electron chi connectivity index (χ4n) is 3.32. The lowest BCUT2D eigenvalue weighted by atomic mass is 9.96. The van der Waals surface area contributed by atoms with E-state index >= 15 is 0 Å². The first-order valence-corrected chi connectivity index (χ1v) is 9.67. The van der Waals surface area contributed by atoms with Crippen molar-refractivity contribution in [2.75, 3.05) is 5.32 Å². The molecule has 10 heteroatoms. The van der Waals surface area contributed by atoms with E-state index in [9.17, 15) is 22.4 Å². The maximum atomic E-state index is 13.7. The first kappa shape index (κ1) is 19.4. The van der Waals surface area contributed by atoms with Gasteiger partial charge in [-0.1, -0.05) is 18.2 Å². The summed E-state index contributed by atoms with van der Waals surface area (Å²) in [5.41, 5.74) is 0.528. The van der Waals surface area contributed by atoms with Gasteiger partial charge >= 0.3 is 6.18 Å². The van der Waals surface area contributed by atoms with E-state index in [1.54, 1.807) is 0 Å². The lowest BCUT2D eigenvalue weighted by molar-refractivity contribution is -0.173. The van der Waals surface area contributed by atoms with Crippen molar-refractivity contribution in [2.24, 2.45) is 0 Å². The monoisotopic (exact) mass is 424 g/mol.